The lowest BCUT2D eigenvalue weighted by Gasteiger charge is -2.10. The van der Waals surface area contributed by atoms with Crippen LogP contribution in [0.15, 0.2) is 24.3 Å². The lowest BCUT2D eigenvalue weighted by molar-refractivity contribution is 0.198. The van der Waals surface area contributed by atoms with Crippen molar-refractivity contribution in [1.29, 1.82) is 0 Å². The zero-order valence-corrected chi connectivity index (χ0v) is 11.5. The number of aromatic hydroxyl groups is 1. The molecule has 0 bridgehead atoms. The van der Waals surface area contributed by atoms with Crippen LogP contribution in [0, 0.1) is 12.7 Å². The Kier molecular flexibility index (Phi) is 3.79. The summed E-state index contributed by atoms with van der Waals surface area (Å²) in [6.07, 6.45) is -0.588. The van der Waals surface area contributed by atoms with Crippen molar-refractivity contribution in [2.45, 2.75) is 26.8 Å². The summed E-state index contributed by atoms with van der Waals surface area (Å²) in [5.41, 5.74) is 0.168. The summed E-state index contributed by atoms with van der Waals surface area (Å²) in [6, 6.07) is 6.02. The molecule has 0 heterocycles. The van der Waals surface area contributed by atoms with Gasteiger partial charge in [0.25, 0.3) is 0 Å². The average Bonchev–Trinajstić information content (AvgIpc) is 2.36. The van der Waals surface area contributed by atoms with E-state index in [2.05, 4.69) is 5.32 Å². The molecular formula is C15H16FNO3. The average molecular weight is 277 g/mol. The van der Waals surface area contributed by atoms with Gasteiger partial charge in [0, 0.05) is 17.0 Å². The number of phenols is 1. The van der Waals surface area contributed by atoms with Gasteiger partial charge in [-0.25, -0.2) is 9.18 Å². The predicted molar refractivity (Wildman–Crippen MR) is 74.6 cm³/mol. The highest BCUT2D eigenvalue weighted by molar-refractivity contribution is 5.87. The largest absolute Gasteiger partial charge is 0.508 e. The maximum Gasteiger partial charge on any atom is 0.412 e. The van der Waals surface area contributed by atoms with Gasteiger partial charge < -0.3 is 15.2 Å². The second kappa shape index (κ2) is 5.36. The van der Waals surface area contributed by atoms with E-state index in [1.54, 1.807) is 12.1 Å². The van der Waals surface area contributed by atoms with Gasteiger partial charge in [-0.3, -0.25) is 0 Å². The van der Waals surface area contributed by atoms with Gasteiger partial charge in [-0.2, -0.15) is 0 Å². The molecular weight excluding hydrogens is 261 g/mol. The normalized spacial score (nSPS) is 10.8. The molecule has 5 heteroatoms. The third-order valence-electron chi connectivity index (χ3n) is 2.88. The maximum atomic E-state index is 14.1. The third kappa shape index (κ3) is 2.82. The van der Waals surface area contributed by atoms with E-state index >= 15 is 0 Å². The first kappa shape index (κ1) is 14.1. The van der Waals surface area contributed by atoms with Crippen LogP contribution in [0.5, 0.6) is 11.5 Å². The number of phenolic OH excluding ortho intramolecular Hbond substituents is 1. The second-order valence-electron chi connectivity index (χ2n) is 4.91. The monoisotopic (exact) mass is 277 g/mol. The Bertz CT molecular complexity index is 668. The number of benzene rings is 2. The van der Waals surface area contributed by atoms with Crippen molar-refractivity contribution in [2.24, 2.45) is 0 Å². The quantitative estimate of drug-likeness (QED) is 0.883. The van der Waals surface area contributed by atoms with Crippen molar-refractivity contribution in [2.75, 3.05) is 0 Å². The highest BCUT2D eigenvalue weighted by atomic mass is 19.1. The van der Waals surface area contributed by atoms with Crippen molar-refractivity contribution in [3.63, 3.8) is 0 Å². The Morgan fingerprint density at radius 1 is 1.35 bits per heavy atom. The van der Waals surface area contributed by atoms with E-state index < -0.39 is 11.9 Å². The number of nitrogens with one attached hydrogen (secondary N) is 1. The van der Waals surface area contributed by atoms with E-state index in [1.165, 1.54) is 19.1 Å². The van der Waals surface area contributed by atoms with E-state index in [0.29, 0.717) is 10.8 Å². The summed E-state index contributed by atoms with van der Waals surface area (Å²) in [4.78, 5) is 11.5. The Hall–Kier alpha value is -2.30. The Balaban J connectivity index is 2.36. The minimum Gasteiger partial charge on any atom is -0.508 e. The zero-order valence-electron chi connectivity index (χ0n) is 11.5. The fourth-order valence-corrected chi connectivity index (χ4v) is 1.86. The first-order valence-electron chi connectivity index (χ1n) is 6.28. The van der Waals surface area contributed by atoms with Gasteiger partial charge in [0.05, 0.1) is 0 Å². The molecule has 0 unspecified atom stereocenters. The number of halogens is 1. The number of ether oxygens (including phenoxy) is 1. The molecule has 1 amide bonds. The van der Waals surface area contributed by atoms with Crippen LogP contribution in [0.2, 0.25) is 0 Å². The topological polar surface area (TPSA) is 58.6 Å². The molecule has 0 aliphatic rings. The second-order valence-corrected chi connectivity index (χ2v) is 4.91. The number of hydrogen-bond donors (Lipinski definition) is 2. The molecule has 0 atom stereocenters. The van der Waals surface area contributed by atoms with Gasteiger partial charge in [0.1, 0.15) is 17.3 Å². The van der Waals surface area contributed by atoms with Crippen LogP contribution in [-0.2, 0) is 0 Å². The fourth-order valence-electron chi connectivity index (χ4n) is 1.86. The number of amides is 1. The minimum absolute atomic E-state index is 0.0427. The van der Waals surface area contributed by atoms with Crippen LogP contribution in [0.25, 0.3) is 10.8 Å². The molecule has 20 heavy (non-hydrogen) atoms. The maximum absolute atomic E-state index is 14.1. The Labute approximate surface area is 116 Å². The lowest BCUT2D eigenvalue weighted by atomic mass is 10.1. The molecule has 0 aliphatic carbocycles. The molecule has 0 spiro atoms. The van der Waals surface area contributed by atoms with E-state index in [-0.39, 0.29) is 23.1 Å². The van der Waals surface area contributed by atoms with Gasteiger partial charge >= 0.3 is 6.09 Å². The van der Waals surface area contributed by atoms with Gasteiger partial charge in [-0.15, -0.1) is 0 Å². The Morgan fingerprint density at radius 2 is 2.05 bits per heavy atom. The fraction of sp³-hybridized carbons (Fsp3) is 0.267. The van der Waals surface area contributed by atoms with Crippen LogP contribution in [0.3, 0.4) is 0 Å². The van der Waals surface area contributed by atoms with E-state index in [1.807, 2.05) is 13.8 Å². The number of fused-ring (bicyclic) bond motifs is 1. The van der Waals surface area contributed by atoms with Gasteiger partial charge in [-0.1, -0.05) is 6.07 Å². The number of carbonyl (C=O) groups excluding carboxylic acids is 1. The highest BCUT2D eigenvalue weighted by Crippen LogP contribution is 2.30. The number of hydrogen-bond acceptors (Lipinski definition) is 3. The van der Waals surface area contributed by atoms with Crippen molar-refractivity contribution in [1.82, 2.24) is 5.32 Å². The van der Waals surface area contributed by atoms with E-state index in [4.69, 9.17) is 4.74 Å². The molecule has 106 valence electrons. The molecule has 2 aromatic rings. The summed E-state index contributed by atoms with van der Waals surface area (Å²) in [7, 11) is 0. The molecule has 2 rings (SSSR count). The summed E-state index contributed by atoms with van der Waals surface area (Å²) < 4.78 is 19.1. The van der Waals surface area contributed by atoms with Crippen molar-refractivity contribution in [3.8, 4) is 11.5 Å². The molecule has 0 saturated heterocycles. The first-order chi connectivity index (χ1) is 9.38. The summed E-state index contributed by atoms with van der Waals surface area (Å²) >= 11 is 0. The summed E-state index contributed by atoms with van der Waals surface area (Å²) in [5.74, 6) is -0.365. The molecule has 0 aromatic heterocycles. The smallest absolute Gasteiger partial charge is 0.412 e. The van der Waals surface area contributed by atoms with Crippen LogP contribution >= 0.6 is 0 Å². The standard InChI is InChI=1S/C15H16FNO3/c1-8(2)17-15(19)20-11-5-4-10-6-13(18)9(3)14(16)12(10)7-11/h4-8,18H,1-3H3,(H,17,19). The molecule has 0 radical (unpaired) electrons. The molecule has 2 N–H and O–H groups in total. The lowest BCUT2D eigenvalue weighted by Crippen LogP contribution is -2.32. The number of carbonyl (C=O) groups is 1. The minimum atomic E-state index is -0.588. The molecule has 4 nitrogen and oxygen atoms in total. The third-order valence-corrected chi connectivity index (χ3v) is 2.88. The van der Waals surface area contributed by atoms with Crippen molar-refractivity contribution >= 4 is 16.9 Å². The predicted octanol–water partition coefficient (Wildman–Crippen LogP) is 3.49. The van der Waals surface area contributed by atoms with E-state index in [0.717, 1.165) is 0 Å². The molecule has 2 aromatic carbocycles. The Morgan fingerprint density at radius 3 is 2.70 bits per heavy atom. The molecule has 0 saturated carbocycles. The van der Waals surface area contributed by atoms with Gasteiger partial charge in [0.2, 0.25) is 0 Å². The molecule has 0 aliphatic heterocycles. The van der Waals surface area contributed by atoms with Gasteiger partial charge in [0.15, 0.2) is 0 Å². The van der Waals surface area contributed by atoms with Crippen molar-refractivity contribution in [3.05, 3.63) is 35.6 Å². The summed E-state index contributed by atoms with van der Waals surface area (Å²) in [5, 5.41) is 13.0. The SMILES string of the molecule is Cc1c(O)cc2ccc(OC(=O)NC(C)C)cc2c1F. The van der Waals surface area contributed by atoms with Gasteiger partial charge in [-0.05, 0) is 44.4 Å². The summed E-state index contributed by atoms with van der Waals surface area (Å²) in [6.45, 7) is 5.12. The molecule has 0 fully saturated rings. The number of rotatable bonds is 2. The van der Waals surface area contributed by atoms with Crippen LogP contribution < -0.4 is 10.1 Å². The van der Waals surface area contributed by atoms with Crippen LogP contribution in [-0.4, -0.2) is 17.2 Å². The van der Waals surface area contributed by atoms with Crippen molar-refractivity contribution < 1.29 is 19.0 Å². The van der Waals surface area contributed by atoms with Crippen LogP contribution in [0.4, 0.5) is 9.18 Å². The van der Waals surface area contributed by atoms with Crippen LogP contribution in [0.1, 0.15) is 19.4 Å². The zero-order chi connectivity index (χ0) is 14.9. The van der Waals surface area contributed by atoms with E-state index in [9.17, 15) is 14.3 Å². The first-order valence-corrected chi connectivity index (χ1v) is 6.28. The highest BCUT2D eigenvalue weighted by Gasteiger charge is 2.12.